The van der Waals surface area contributed by atoms with E-state index in [1.807, 2.05) is 0 Å². The highest BCUT2D eigenvalue weighted by Gasteiger charge is 2.30. The van der Waals surface area contributed by atoms with Crippen LogP contribution in [0.1, 0.15) is 19.3 Å². The van der Waals surface area contributed by atoms with Crippen molar-refractivity contribution >= 4 is 11.9 Å². The summed E-state index contributed by atoms with van der Waals surface area (Å²) in [7, 11) is 5.37. The number of carboxylic acids is 2. The Labute approximate surface area is 83.5 Å². The minimum atomic E-state index is -0.879. The maximum absolute atomic E-state index is 10.9. The van der Waals surface area contributed by atoms with Crippen molar-refractivity contribution in [1.29, 1.82) is 0 Å². The summed E-state index contributed by atoms with van der Waals surface area (Å²) in [6, 6.07) is -0.533. The van der Waals surface area contributed by atoms with Gasteiger partial charge in [-0.05, 0) is 6.42 Å². The summed E-state index contributed by atoms with van der Waals surface area (Å²) in [6.07, 6.45) is 0.830. The van der Waals surface area contributed by atoms with Gasteiger partial charge in [-0.3, -0.25) is 4.79 Å². The standard InChI is InChI=1S/C9H17NO4/c1-10(2,3)7(9(13)14)5-4-6-8(11)12/h7H,4-6H2,1-3H3,(H-,11,12,13,14)/p+1. The largest absolute Gasteiger partial charge is 0.481 e. The van der Waals surface area contributed by atoms with Crippen LogP contribution in [0.4, 0.5) is 0 Å². The fourth-order valence-electron chi connectivity index (χ4n) is 1.29. The number of carboxylic acid groups (broad SMARTS) is 2. The topological polar surface area (TPSA) is 74.6 Å². The van der Waals surface area contributed by atoms with Crippen molar-refractivity contribution in [1.82, 2.24) is 0 Å². The Hall–Kier alpha value is -1.10. The van der Waals surface area contributed by atoms with Gasteiger partial charge in [0.05, 0.1) is 21.1 Å². The molecule has 0 fully saturated rings. The second kappa shape index (κ2) is 4.95. The van der Waals surface area contributed by atoms with Crippen molar-refractivity contribution in [2.24, 2.45) is 0 Å². The maximum Gasteiger partial charge on any atom is 0.362 e. The van der Waals surface area contributed by atoms with Crippen LogP contribution in [0.3, 0.4) is 0 Å². The van der Waals surface area contributed by atoms with E-state index in [0.717, 1.165) is 0 Å². The Kier molecular flexibility index (Phi) is 4.56. The van der Waals surface area contributed by atoms with Crippen LogP contribution in [0.5, 0.6) is 0 Å². The molecule has 5 nitrogen and oxygen atoms in total. The molecular formula is C9H18NO4+. The predicted octanol–water partition coefficient (Wildman–Crippen LogP) is 0.401. The molecule has 1 unspecified atom stereocenters. The highest BCUT2D eigenvalue weighted by Crippen LogP contribution is 2.11. The Morgan fingerprint density at radius 2 is 1.71 bits per heavy atom. The Morgan fingerprint density at radius 3 is 2.00 bits per heavy atom. The zero-order valence-corrected chi connectivity index (χ0v) is 8.86. The Balaban J connectivity index is 4.13. The van der Waals surface area contributed by atoms with Crippen molar-refractivity contribution in [2.45, 2.75) is 25.3 Å². The van der Waals surface area contributed by atoms with Crippen LogP contribution >= 0.6 is 0 Å². The van der Waals surface area contributed by atoms with Crippen LogP contribution in [0.15, 0.2) is 0 Å². The lowest BCUT2D eigenvalue weighted by atomic mass is 10.1. The summed E-state index contributed by atoms with van der Waals surface area (Å²) < 4.78 is 0.314. The molecule has 0 amide bonds. The fourth-order valence-corrected chi connectivity index (χ4v) is 1.29. The average Bonchev–Trinajstić information content (AvgIpc) is 1.94. The molecule has 0 aliphatic heterocycles. The molecule has 0 saturated carbocycles. The van der Waals surface area contributed by atoms with Gasteiger partial charge in [-0.2, -0.15) is 0 Å². The van der Waals surface area contributed by atoms with E-state index >= 15 is 0 Å². The normalized spacial score (nSPS) is 13.6. The van der Waals surface area contributed by atoms with Crippen molar-refractivity contribution < 1.29 is 24.3 Å². The number of aliphatic carboxylic acids is 2. The zero-order chi connectivity index (χ0) is 11.4. The monoisotopic (exact) mass is 204 g/mol. The molecule has 82 valence electrons. The Bertz CT molecular complexity index is 219. The van der Waals surface area contributed by atoms with E-state index in [-0.39, 0.29) is 6.42 Å². The first-order chi connectivity index (χ1) is 6.25. The molecule has 14 heavy (non-hydrogen) atoms. The summed E-state index contributed by atoms with van der Waals surface area (Å²) >= 11 is 0. The van der Waals surface area contributed by atoms with Crippen molar-refractivity contribution in [2.75, 3.05) is 21.1 Å². The van der Waals surface area contributed by atoms with Gasteiger partial charge < -0.3 is 14.7 Å². The van der Waals surface area contributed by atoms with E-state index in [1.54, 1.807) is 21.1 Å². The van der Waals surface area contributed by atoms with E-state index in [1.165, 1.54) is 0 Å². The van der Waals surface area contributed by atoms with Crippen molar-refractivity contribution in [3.05, 3.63) is 0 Å². The van der Waals surface area contributed by atoms with Gasteiger partial charge in [-0.1, -0.05) is 0 Å². The molecule has 0 rings (SSSR count). The van der Waals surface area contributed by atoms with Crippen molar-refractivity contribution in [3.8, 4) is 0 Å². The van der Waals surface area contributed by atoms with Gasteiger partial charge in [0.2, 0.25) is 0 Å². The molecule has 0 aromatic heterocycles. The van der Waals surface area contributed by atoms with Gasteiger partial charge in [-0.25, -0.2) is 4.79 Å². The first-order valence-electron chi connectivity index (χ1n) is 4.51. The fraction of sp³-hybridized carbons (Fsp3) is 0.778. The van der Waals surface area contributed by atoms with E-state index in [2.05, 4.69) is 0 Å². The number of hydrogen-bond acceptors (Lipinski definition) is 2. The van der Waals surface area contributed by atoms with Crippen LogP contribution in [0, 0.1) is 0 Å². The number of quaternary nitrogens is 1. The minimum Gasteiger partial charge on any atom is -0.481 e. The smallest absolute Gasteiger partial charge is 0.362 e. The molecule has 2 N–H and O–H groups in total. The Morgan fingerprint density at radius 1 is 1.21 bits per heavy atom. The van der Waals surface area contributed by atoms with Crippen LogP contribution in [-0.4, -0.2) is 53.8 Å². The van der Waals surface area contributed by atoms with Crippen LogP contribution in [0.2, 0.25) is 0 Å². The number of carbonyl (C=O) groups is 2. The van der Waals surface area contributed by atoms with Gasteiger partial charge in [0.25, 0.3) is 0 Å². The minimum absolute atomic E-state index is 0.0315. The van der Waals surface area contributed by atoms with E-state index in [9.17, 15) is 9.59 Å². The number of hydrogen-bond donors (Lipinski definition) is 2. The molecular weight excluding hydrogens is 186 g/mol. The second-order valence-corrected chi connectivity index (χ2v) is 4.26. The maximum atomic E-state index is 10.9. The van der Waals surface area contributed by atoms with Gasteiger partial charge in [0.15, 0.2) is 6.04 Å². The summed E-state index contributed by atoms with van der Waals surface area (Å²) in [6.45, 7) is 0. The van der Waals surface area contributed by atoms with Crippen LogP contribution < -0.4 is 0 Å². The third-order valence-corrected chi connectivity index (χ3v) is 2.09. The molecule has 0 aromatic rings. The number of nitrogens with zero attached hydrogens (tertiary/aromatic N) is 1. The highest BCUT2D eigenvalue weighted by atomic mass is 16.4. The second-order valence-electron chi connectivity index (χ2n) is 4.26. The molecule has 5 heteroatoms. The molecule has 0 bridgehead atoms. The van der Waals surface area contributed by atoms with Gasteiger partial charge in [0, 0.05) is 12.8 Å². The lowest BCUT2D eigenvalue weighted by Crippen LogP contribution is -2.49. The lowest BCUT2D eigenvalue weighted by molar-refractivity contribution is -0.887. The summed E-state index contributed by atoms with van der Waals surface area (Å²) in [4.78, 5) is 21.1. The SMILES string of the molecule is C[N+](C)(C)C(CCCC(=O)O)C(=O)O. The first kappa shape index (κ1) is 12.9. The molecule has 0 aromatic carbocycles. The first-order valence-corrected chi connectivity index (χ1v) is 4.51. The van der Waals surface area contributed by atoms with E-state index < -0.39 is 18.0 Å². The quantitative estimate of drug-likeness (QED) is 0.614. The molecule has 0 aliphatic carbocycles. The summed E-state index contributed by atoms with van der Waals surface area (Å²) in [5.74, 6) is -1.75. The van der Waals surface area contributed by atoms with E-state index in [0.29, 0.717) is 17.3 Å². The molecule has 0 heterocycles. The lowest BCUT2D eigenvalue weighted by Gasteiger charge is -2.30. The molecule has 0 aliphatic rings. The van der Waals surface area contributed by atoms with Crippen molar-refractivity contribution in [3.63, 3.8) is 0 Å². The van der Waals surface area contributed by atoms with E-state index in [4.69, 9.17) is 10.2 Å². The predicted molar refractivity (Wildman–Crippen MR) is 50.9 cm³/mol. The van der Waals surface area contributed by atoms with Gasteiger partial charge in [0.1, 0.15) is 0 Å². The molecule has 0 saturated heterocycles. The van der Waals surface area contributed by atoms with Gasteiger partial charge in [-0.15, -0.1) is 0 Å². The molecule has 0 spiro atoms. The highest BCUT2D eigenvalue weighted by molar-refractivity contribution is 5.72. The third-order valence-electron chi connectivity index (χ3n) is 2.09. The molecule has 1 atom stereocenters. The zero-order valence-electron chi connectivity index (χ0n) is 8.86. The number of likely N-dealkylation sites (N-methyl/N-ethyl adjacent to an activating group) is 1. The average molecular weight is 204 g/mol. The van der Waals surface area contributed by atoms with Gasteiger partial charge >= 0.3 is 11.9 Å². The van der Waals surface area contributed by atoms with Crippen LogP contribution in [-0.2, 0) is 9.59 Å². The van der Waals surface area contributed by atoms with Crippen LogP contribution in [0.25, 0.3) is 0 Å². The third kappa shape index (κ3) is 4.81. The summed E-state index contributed by atoms with van der Waals surface area (Å²) in [5.41, 5.74) is 0. The summed E-state index contributed by atoms with van der Waals surface area (Å²) in [5, 5.41) is 17.3. The molecule has 0 radical (unpaired) electrons. The number of rotatable bonds is 6.